The molecule has 0 aliphatic heterocycles. The number of carbonyl (C=O) groups excluding carboxylic acids is 1. The zero-order chi connectivity index (χ0) is 20.4. The van der Waals surface area contributed by atoms with Gasteiger partial charge in [0.1, 0.15) is 11.6 Å². The number of unbranched alkanes of at least 4 members (excludes halogenated alkanes) is 2. The fourth-order valence-corrected chi connectivity index (χ4v) is 4.69. The first kappa shape index (κ1) is 20.1. The van der Waals surface area contributed by atoms with Crippen molar-refractivity contribution in [3.8, 4) is 11.9 Å². The number of benzene rings is 1. The van der Waals surface area contributed by atoms with Gasteiger partial charge in [0.2, 0.25) is 11.7 Å². The van der Waals surface area contributed by atoms with Crippen molar-refractivity contribution in [3.63, 3.8) is 0 Å². The topological polar surface area (TPSA) is 83.1 Å². The fourth-order valence-electron chi connectivity index (χ4n) is 3.22. The van der Waals surface area contributed by atoms with E-state index >= 15 is 0 Å². The molecule has 0 saturated heterocycles. The van der Waals surface area contributed by atoms with E-state index in [2.05, 4.69) is 0 Å². The molecular formula is C21H19ClN2O3S. The van der Waals surface area contributed by atoms with Crippen molar-refractivity contribution < 1.29 is 9.90 Å². The van der Waals surface area contributed by atoms with Gasteiger partial charge in [-0.15, -0.1) is 11.3 Å². The lowest BCUT2D eigenvalue weighted by Crippen LogP contribution is -2.26. The van der Waals surface area contributed by atoms with E-state index < -0.39 is 17.2 Å². The van der Waals surface area contributed by atoms with Crippen LogP contribution in [-0.2, 0) is 6.54 Å². The minimum atomic E-state index is -0.576. The van der Waals surface area contributed by atoms with Crippen LogP contribution in [0, 0.1) is 18.3 Å². The molecule has 0 saturated carbocycles. The second-order valence-corrected chi connectivity index (χ2v) is 7.97. The summed E-state index contributed by atoms with van der Waals surface area (Å²) in [4.78, 5) is 26.2. The van der Waals surface area contributed by atoms with Crippen LogP contribution in [0.25, 0.3) is 10.1 Å². The standard InChI is InChI=1S/C21H19ClN2O3S/c1-3-4-7-10-24-20(26)14(11-23)12(2)16(21(24)27)18(25)19-17(22)13-8-5-6-9-15(13)28-19/h5-6,8-9,27H,3-4,7,10H2,1-2H3. The van der Waals surface area contributed by atoms with E-state index in [-0.39, 0.29) is 28.1 Å². The van der Waals surface area contributed by atoms with Crippen LogP contribution in [0.5, 0.6) is 5.88 Å². The van der Waals surface area contributed by atoms with E-state index in [9.17, 15) is 20.0 Å². The van der Waals surface area contributed by atoms with Crippen molar-refractivity contribution in [1.29, 1.82) is 5.26 Å². The predicted octanol–water partition coefficient (Wildman–Crippen LogP) is 5.02. The van der Waals surface area contributed by atoms with E-state index in [4.69, 9.17) is 11.6 Å². The number of hydrogen-bond donors (Lipinski definition) is 1. The van der Waals surface area contributed by atoms with Crippen LogP contribution in [-0.4, -0.2) is 15.5 Å². The molecule has 0 unspecified atom stereocenters. The third-order valence-corrected chi connectivity index (χ3v) is 6.43. The number of aromatic nitrogens is 1. The number of carbonyl (C=O) groups is 1. The highest BCUT2D eigenvalue weighted by Crippen LogP contribution is 2.38. The van der Waals surface area contributed by atoms with Crippen LogP contribution >= 0.6 is 22.9 Å². The van der Waals surface area contributed by atoms with Crippen LogP contribution in [0.1, 0.15) is 52.5 Å². The second kappa shape index (κ2) is 8.17. The van der Waals surface area contributed by atoms with Gasteiger partial charge in [-0.1, -0.05) is 49.6 Å². The number of pyridine rings is 1. The molecular weight excluding hydrogens is 396 g/mol. The molecule has 0 amide bonds. The number of halogens is 1. The summed E-state index contributed by atoms with van der Waals surface area (Å²) in [7, 11) is 0. The average molecular weight is 415 g/mol. The number of nitrogens with zero attached hydrogens (tertiary/aromatic N) is 2. The summed E-state index contributed by atoms with van der Waals surface area (Å²) in [6, 6.07) is 9.26. The Morgan fingerprint density at radius 2 is 2.04 bits per heavy atom. The van der Waals surface area contributed by atoms with Gasteiger partial charge in [-0.3, -0.25) is 14.2 Å². The van der Waals surface area contributed by atoms with Gasteiger partial charge in [0.25, 0.3) is 5.56 Å². The van der Waals surface area contributed by atoms with Gasteiger partial charge in [-0.25, -0.2) is 0 Å². The van der Waals surface area contributed by atoms with Crippen molar-refractivity contribution >= 4 is 38.8 Å². The van der Waals surface area contributed by atoms with Crippen LogP contribution in [0.3, 0.4) is 0 Å². The van der Waals surface area contributed by atoms with Crippen LogP contribution in [0.4, 0.5) is 0 Å². The Morgan fingerprint density at radius 3 is 2.68 bits per heavy atom. The van der Waals surface area contributed by atoms with Gasteiger partial charge in [-0.2, -0.15) is 5.26 Å². The van der Waals surface area contributed by atoms with Crippen molar-refractivity contribution in [2.75, 3.05) is 0 Å². The van der Waals surface area contributed by atoms with Crippen LogP contribution in [0.2, 0.25) is 5.02 Å². The SMILES string of the molecule is CCCCCn1c(O)c(C(=O)c2sc3ccccc3c2Cl)c(C)c(C#N)c1=O. The monoisotopic (exact) mass is 414 g/mol. The number of fused-ring (bicyclic) bond motifs is 1. The van der Waals surface area contributed by atoms with E-state index in [0.717, 1.165) is 27.5 Å². The highest BCUT2D eigenvalue weighted by molar-refractivity contribution is 7.21. The predicted molar refractivity (Wildman–Crippen MR) is 112 cm³/mol. The molecule has 0 aliphatic rings. The van der Waals surface area contributed by atoms with Gasteiger partial charge in [0.05, 0.1) is 15.5 Å². The Bertz CT molecular complexity index is 1170. The van der Waals surface area contributed by atoms with Gasteiger partial charge in [0, 0.05) is 16.6 Å². The highest BCUT2D eigenvalue weighted by atomic mass is 35.5. The summed E-state index contributed by atoms with van der Waals surface area (Å²) in [5.74, 6) is -0.891. The third kappa shape index (κ3) is 3.32. The van der Waals surface area contributed by atoms with Crippen LogP contribution < -0.4 is 5.56 Å². The summed E-state index contributed by atoms with van der Waals surface area (Å²) in [6.07, 6.45) is 2.47. The normalized spacial score (nSPS) is 10.9. The Hall–Kier alpha value is -2.62. The molecule has 144 valence electrons. The molecule has 0 fully saturated rings. The van der Waals surface area contributed by atoms with Crippen molar-refractivity contribution in [3.05, 3.63) is 61.2 Å². The average Bonchev–Trinajstić information content (AvgIpc) is 3.02. The summed E-state index contributed by atoms with van der Waals surface area (Å²) in [6.45, 7) is 3.77. The molecule has 1 N–H and O–H groups in total. The van der Waals surface area contributed by atoms with Gasteiger partial charge in [0.15, 0.2) is 0 Å². The highest BCUT2D eigenvalue weighted by Gasteiger charge is 2.27. The zero-order valence-corrected chi connectivity index (χ0v) is 17.2. The number of thiophene rings is 1. The molecule has 5 nitrogen and oxygen atoms in total. The first-order chi connectivity index (χ1) is 13.4. The number of aromatic hydroxyl groups is 1. The van der Waals surface area contributed by atoms with E-state index in [1.54, 1.807) is 0 Å². The van der Waals surface area contributed by atoms with Crippen molar-refractivity contribution in [2.45, 2.75) is 39.7 Å². The Morgan fingerprint density at radius 1 is 1.32 bits per heavy atom. The van der Waals surface area contributed by atoms with Gasteiger partial charge in [-0.05, 0) is 25.0 Å². The first-order valence-electron chi connectivity index (χ1n) is 9.00. The van der Waals surface area contributed by atoms with Gasteiger partial charge < -0.3 is 5.11 Å². The molecule has 28 heavy (non-hydrogen) atoms. The van der Waals surface area contributed by atoms with E-state index in [1.165, 1.54) is 18.3 Å². The Balaban J connectivity index is 2.21. The second-order valence-electron chi connectivity index (χ2n) is 6.54. The zero-order valence-electron chi connectivity index (χ0n) is 15.6. The molecule has 3 rings (SSSR count). The van der Waals surface area contributed by atoms with E-state index in [0.29, 0.717) is 11.4 Å². The molecule has 0 bridgehead atoms. The summed E-state index contributed by atoms with van der Waals surface area (Å²) < 4.78 is 1.97. The minimum Gasteiger partial charge on any atom is -0.494 e. The largest absolute Gasteiger partial charge is 0.494 e. The lowest BCUT2D eigenvalue weighted by Gasteiger charge is -2.15. The molecule has 2 heterocycles. The molecule has 0 spiro atoms. The fraction of sp³-hybridized carbons (Fsp3) is 0.286. The van der Waals surface area contributed by atoms with E-state index in [1.807, 2.05) is 37.3 Å². The number of ketones is 1. The van der Waals surface area contributed by atoms with Crippen molar-refractivity contribution in [2.24, 2.45) is 0 Å². The number of nitriles is 1. The molecule has 0 atom stereocenters. The number of rotatable bonds is 6. The molecule has 0 radical (unpaired) electrons. The number of hydrogen-bond acceptors (Lipinski definition) is 5. The van der Waals surface area contributed by atoms with Crippen LogP contribution in [0.15, 0.2) is 29.1 Å². The quantitative estimate of drug-likeness (QED) is 0.453. The maximum atomic E-state index is 13.3. The smallest absolute Gasteiger partial charge is 0.271 e. The van der Waals surface area contributed by atoms with Gasteiger partial charge >= 0.3 is 0 Å². The lowest BCUT2D eigenvalue weighted by atomic mass is 10.0. The molecule has 1 aromatic carbocycles. The summed E-state index contributed by atoms with van der Waals surface area (Å²) in [5.41, 5.74) is -0.571. The molecule has 7 heteroatoms. The Labute approximate surface area is 171 Å². The Kier molecular flexibility index (Phi) is 5.87. The summed E-state index contributed by atoms with van der Waals surface area (Å²) >= 11 is 7.65. The first-order valence-corrected chi connectivity index (χ1v) is 10.2. The minimum absolute atomic E-state index is 0.0406. The molecule has 3 aromatic rings. The summed E-state index contributed by atoms with van der Waals surface area (Å²) in [5, 5.41) is 21.3. The molecule has 0 aliphatic carbocycles. The molecule has 2 aromatic heterocycles. The third-order valence-electron chi connectivity index (χ3n) is 4.75. The van der Waals surface area contributed by atoms with Crippen molar-refractivity contribution in [1.82, 2.24) is 4.57 Å². The maximum Gasteiger partial charge on any atom is 0.271 e. The lowest BCUT2D eigenvalue weighted by molar-refractivity contribution is 0.103. The maximum absolute atomic E-state index is 13.3.